The average molecular weight is 244 g/mol. The number of hydrogen-bond donors (Lipinski definition) is 0. The van der Waals surface area contributed by atoms with Crippen molar-refractivity contribution in [3.63, 3.8) is 0 Å². The third kappa shape index (κ3) is 0.901. The smallest absolute Gasteiger partial charge is 0.221 e. The van der Waals surface area contributed by atoms with Crippen LogP contribution in [0.15, 0.2) is 24.3 Å². The van der Waals surface area contributed by atoms with Gasteiger partial charge >= 0.3 is 0 Å². The highest BCUT2D eigenvalue weighted by Gasteiger charge is 2.68. The van der Waals surface area contributed by atoms with Crippen molar-refractivity contribution in [2.75, 3.05) is 0 Å². The van der Waals surface area contributed by atoms with E-state index in [1.54, 1.807) is 32.1 Å². The van der Waals surface area contributed by atoms with Gasteiger partial charge in [0.15, 0.2) is 0 Å². The zero-order valence-corrected chi connectivity index (χ0v) is 10.1. The zero-order chi connectivity index (χ0) is 13.3. The van der Waals surface area contributed by atoms with E-state index in [9.17, 15) is 19.2 Å². The normalized spacial score (nSPS) is 45.7. The van der Waals surface area contributed by atoms with Crippen molar-refractivity contribution >= 4 is 23.1 Å². The molecule has 0 aromatic rings. The summed E-state index contributed by atoms with van der Waals surface area (Å²) in [6.45, 7) is 3.40. The molecular formula is C14H12O4. The van der Waals surface area contributed by atoms with E-state index in [-0.39, 0.29) is 0 Å². The third-order valence-corrected chi connectivity index (χ3v) is 4.97. The number of hydrogen-bond acceptors (Lipinski definition) is 4. The number of Topliss-reactive ketones (excluding diaryl/α,β-unsaturated/α-hetero) is 3. The second-order valence-electron chi connectivity index (χ2n) is 5.58. The van der Waals surface area contributed by atoms with Crippen molar-refractivity contribution in [2.24, 2.45) is 22.7 Å². The molecule has 92 valence electrons. The lowest BCUT2D eigenvalue weighted by atomic mass is 9.42. The van der Waals surface area contributed by atoms with Gasteiger partial charge in [0.05, 0.1) is 17.3 Å². The zero-order valence-electron chi connectivity index (χ0n) is 10.1. The van der Waals surface area contributed by atoms with Gasteiger partial charge in [-0.1, -0.05) is 32.1 Å². The van der Waals surface area contributed by atoms with Crippen LogP contribution in [0.4, 0.5) is 0 Å². The number of fused-ring (bicyclic) bond motifs is 1. The van der Waals surface area contributed by atoms with Crippen molar-refractivity contribution in [1.82, 2.24) is 0 Å². The molecule has 1 fully saturated rings. The number of rotatable bonds is 0. The van der Waals surface area contributed by atoms with Gasteiger partial charge in [0.1, 0.15) is 0 Å². The van der Waals surface area contributed by atoms with Crippen molar-refractivity contribution in [1.29, 1.82) is 0 Å². The third-order valence-electron chi connectivity index (χ3n) is 4.97. The van der Waals surface area contributed by atoms with E-state index in [4.69, 9.17) is 0 Å². The fourth-order valence-corrected chi connectivity index (χ4v) is 3.53. The van der Waals surface area contributed by atoms with Crippen LogP contribution in [0.25, 0.3) is 0 Å². The molecule has 0 aliphatic heterocycles. The van der Waals surface area contributed by atoms with Gasteiger partial charge in [0.25, 0.3) is 0 Å². The van der Waals surface area contributed by atoms with Crippen LogP contribution >= 0.6 is 0 Å². The van der Waals surface area contributed by atoms with E-state index in [1.165, 1.54) is 6.08 Å². The molecular weight excluding hydrogens is 232 g/mol. The second kappa shape index (κ2) is 2.94. The molecule has 0 radical (unpaired) electrons. The molecule has 0 spiro atoms. The molecule has 0 heterocycles. The molecule has 4 unspecified atom stereocenters. The Kier molecular flexibility index (Phi) is 1.84. The maximum atomic E-state index is 12.2. The van der Waals surface area contributed by atoms with Gasteiger partial charge in [-0.2, -0.15) is 0 Å². The lowest BCUT2D eigenvalue weighted by Gasteiger charge is -2.56. The summed E-state index contributed by atoms with van der Waals surface area (Å²) >= 11 is 0. The number of ketones is 4. The van der Waals surface area contributed by atoms with Gasteiger partial charge in [0.2, 0.25) is 23.1 Å². The summed E-state index contributed by atoms with van der Waals surface area (Å²) in [5, 5.41) is 0. The number of carbonyl (C=O) groups excluding carboxylic acids is 4. The molecule has 0 aromatic heterocycles. The Balaban J connectivity index is 2.33. The quantitative estimate of drug-likeness (QED) is 0.463. The van der Waals surface area contributed by atoms with Crippen molar-refractivity contribution in [2.45, 2.75) is 13.8 Å². The first-order valence-electron chi connectivity index (χ1n) is 5.88. The van der Waals surface area contributed by atoms with Crippen LogP contribution in [0, 0.1) is 22.7 Å². The summed E-state index contributed by atoms with van der Waals surface area (Å²) in [6, 6.07) is 0. The van der Waals surface area contributed by atoms with Crippen LogP contribution < -0.4 is 0 Å². The summed E-state index contributed by atoms with van der Waals surface area (Å²) in [6.07, 6.45) is 6.17. The van der Waals surface area contributed by atoms with Gasteiger partial charge in [-0.25, -0.2) is 0 Å². The molecule has 2 bridgehead atoms. The topological polar surface area (TPSA) is 68.3 Å². The summed E-state index contributed by atoms with van der Waals surface area (Å²) < 4.78 is 0. The lowest BCUT2D eigenvalue weighted by Crippen LogP contribution is -2.65. The Morgan fingerprint density at radius 3 is 2.17 bits per heavy atom. The van der Waals surface area contributed by atoms with E-state index in [0.717, 1.165) is 0 Å². The first kappa shape index (κ1) is 11.3. The maximum Gasteiger partial charge on any atom is 0.221 e. The Bertz CT molecular complexity index is 583. The Morgan fingerprint density at radius 2 is 1.50 bits per heavy atom. The highest BCUT2D eigenvalue weighted by molar-refractivity contribution is 6.48. The van der Waals surface area contributed by atoms with Crippen molar-refractivity contribution < 1.29 is 19.2 Å². The molecule has 0 saturated heterocycles. The van der Waals surface area contributed by atoms with Gasteiger partial charge in [-0.15, -0.1) is 0 Å². The molecule has 4 aliphatic rings. The van der Waals surface area contributed by atoms with E-state index in [0.29, 0.717) is 0 Å². The van der Waals surface area contributed by atoms with E-state index in [1.807, 2.05) is 0 Å². The fourth-order valence-electron chi connectivity index (χ4n) is 3.53. The van der Waals surface area contributed by atoms with Crippen LogP contribution in [0.3, 0.4) is 0 Å². The maximum absolute atomic E-state index is 12.2. The highest BCUT2D eigenvalue weighted by atomic mass is 16.2. The number of carbonyl (C=O) groups is 4. The fraction of sp³-hybridized carbons (Fsp3) is 0.429. The first-order chi connectivity index (χ1) is 8.34. The molecule has 1 saturated carbocycles. The Morgan fingerprint density at radius 1 is 0.944 bits per heavy atom. The number of allylic oxidation sites excluding steroid dienone is 4. The highest BCUT2D eigenvalue weighted by Crippen LogP contribution is 2.60. The molecule has 4 aliphatic carbocycles. The lowest BCUT2D eigenvalue weighted by molar-refractivity contribution is -0.164. The summed E-state index contributed by atoms with van der Waals surface area (Å²) in [5.41, 5.74) is -1.90. The van der Waals surface area contributed by atoms with Gasteiger partial charge in [-0.05, 0) is 6.08 Å². The Labute approximate surface area is 104 Å². The minimum absolute atomic E-state index is 0.450. The molecule has 4 atom stereocenters. The predicted octanol–water partition coefficient (Wildman–Crippen LogP) is 0.661. The molecule has 18 heavy (non-hydrogen) atoms. The summed E-state index contributed by atoms with van der Waals surface area (Å²) in [4.78, 5) is 47.7. The molecule has 4 heteroatoms. The van der Waals surface area contributed by atoms with Crippen LogP contribution in [-0.4, -0.2) is 23.1 Å². The van der Waals surface area contributed by atoms with Crippen LogP contribution in [0.2, 0.25) is 0 Å². The van der Waals surface area contributed by atoms with Crippen molar-refractivity contribution in [3.8, 4) is 0 Å². The Hall–Kier alpha value is -1.84. The largest absolute Gasteiger partial charge is 0.290 e. The monoisotopic (exact) mass is 244 g/mol. The minimum Gasteiger partial charge on any atom is -0.290 e. The molecule has 4 rings (SSSR count). The summed E-state index contributed by atoms with van der Waals surface area (Å²) in [7, 11) is 0. The van der Waals surface area contributed by atoms with Gasteiger partial charge in [-0.3, -0.25) is 19.2 Å². The standard InChI is InChI=1S/C14H12O4/c1-13-6-5-9(15)12(18)14(13,2)8-4-3-7(13)10(16)11(8)17/h3-8H,1-2H3. The molecule has 0 amide bonds. The second-order valence-corrected chi connectivity index (χ2v) is 5.58. The van der Waals surface area contributed by atoms with Gasteiger partial charge < -0.3 is 0 Å². The molecule has 0 N–H and O–H groups in total. The average Bonchev–Trinajstić information content (AvgIpc) is 2.34. The van der Waals surface area contributed by atoms with Crippen molar-refractivity contribution in [3.05, 3.63) is 24.3 Å². The SMILES string of the molecule is CC12C=CC(=O)C(=O)C1(C)C1C=CC2C(=O)C1=O. The van der Waals surface area contributed by atoms with E-state index in [2.05, 4.69) is 0 Å². The van der Waals surface area contributed by atoms with E-state index < -0.39 is 45.8 Å². The van der Waals surface area contributed by atoms with Crippen LogP contribution in [0.1, 0.15) is 13.8 Å². The summed E-state index contributed by atoms with van der Waals surface area (Å²) in [5.74, 6) is -3.58. The molecule has 0 aromatic carbocycles. The minimum atomic E-state index is -1.12. The first-order valence-corrected chi connectivity index (χ1v) is 5.88. The van der Waals surface area contributed by atoms with Crippen LogP contribution in [-0.2, 0) is 19.2 Å². The predicted molar refractivity (Wildman–Crippen MR) is 61.5 cm³/mol. The van der Waals surface area contributed by atoms with Crippen LogP contribution in [0.5, 0.6) is 0 Å². The molecule has 4 nitrogen and oxygen atoms in total. The van der Waals surface area contributed by atoms with Gasteiger partial charge in [0, 0.05) is 5.41 Å². The van der Waals surface area contributed by atoms with E-state index >= 15 is 0 Å².